The molecular formula is C9H13NO2S. The molecule has 13 heavy (non-hydrogen) atoms. The Labute approximate surface area is 80.8 Å². The molecular weight excluding hydrogens is 186 g/mol. The highest BCUT2D eigenvalue weighted by molar-refractivity contribution is 7.76. The summed E-state index contributed by atoms with van der Waals surface area (Å²) in [5, 5.41) is 0. The average molecular weight is 199 g/mol. The number of nitrogens with zero attached hydrogens (tertiary/aromatic N) is 1. The molecule has 0 radical (unpaired) electrons. The van der Waals surface area contributed by atoms with Crippen LogP contribution in [0.25, 0.3) is 0 Å². The van der Waals surface area contributed by atoms with Gasteiger partial charge in [0.1, 0.15) is 0 Å². The predicted molar refractivity (Wildman–Crippen MR) is 53.5 cm³/mol. The Morgan fingerprint density at radius 1 is 1.38 bits per heavy atom. The maximum Gasteiger partial charge on any atom is 0.234 e. The van der Waals surface area contributed by atoms with E-state index in [-0.39, 0.29) is 0 Å². The number of hydrogen-bond acceptors (Lipinski definition) is 1. The van der Waals surface area contributed by atoms with Gasteiger partial charge in [-0.05, 0) is 12.0 Å². The fourth-order valence-corrected chi connectivity index (χ4v) is 1.26. The third-order valence-corrected chi connectivity index (χ3v) is 2.54. The zero-order valence-corrected chi connectivity index (χ0v) is 8.33. The van der Waals surface area contributed by atoms with Gasteiger partial charge in [-0.15, -0.1) is 0 Å². The van der Waals surface area contributed by atoms with Gasteiger partial charge in [0.15, 0.2) is 0 Å². The third kappa shape index (κ3) is 3.67. The molecule has 72 valence electrons. The lowest BCUT2D eigenvalue weighted by molar-refractivity contribution is 0.450. The maximum absolute atomic E-state index is 10.6. The quantitative estimate of drug-likeness (QED) is 0.742. The van der Waals surface area contributed by atoms with E-state index in [4.69, 9.17) is 4.55 Å². The summed E-state index contributed by atoms with van der Waals surface area (Å²) in [7, 11) is 1.62. The van der Waals surface area contributed by atoms with E-state index in [0.717, 1.165) is 6.42 Å². The molecule has 4 heteroatoms. The molecule has 1 rings (SSSR count). The number of hydrogen-bond donors (Lipinski definition) is 1. The van der Waals surface area contributed by atoms with Crippen molar-refractivity contribution in [1.29, 1.82) is 0 Å². The van der Waals surface area contributed by atoms with Crippen LogP contribution in [0.15, 0.2) is 30.3 Å². The molecule has 0 saturated carbocycles. The topological polar surface area (TPSA) is 40.5 Å². The van der Waals surface area contributed by atoms with Crippen molar-refractivity contribution in [2.24, 2.45) is 0 Å². The van der Waals surface area contributed by atoms with Gasteiger partial charge in [0.25, 0.3) is 0 Å². The lowest BCUT2D eigenvalue weighted by atomic mass is 10.2. The van der Waals surface area contributed by atoms with E-state index < -0.39 is 11.3 Å². The molecule has 3 nitrogen and oxygen atoms in total. The summed E-state index contributed by atoms with van der Waals surface area (Å²) in [6.07, 6.45) is 0.795. The minimum Gasteiger partial charge on any atom is -0.294 e. The van der Waals surface area contributed by atoms with Crippen LogP contribution in [0, 0.1) is 0 Å². The fraction of sp³-hybridized carbons (Fsp3) is 0.333. The van der Waals surface area contributed by atoms with Crippen molar-refractivity contribution in [2.75, 3.05) is 13.6 Å². The van der Waals surface area contributed by atoms with Gasteiger partial charge in [-0.2, -0.15) is 0 Å². The number of rotatable bonds is 4. The minimum absolute atomic E-state index is 0.590. The number of likely N-dealkylation sites (N-methyl/N-ethyl adjacent to an activating group) is 1. The zero-order chi connectivity index (χ0) is 9.68. The molecule has 1 atom stereocenters. The summed E-state index contributed by atoms with van der Waals surface area (Å²) in [6.45, 7) is 0.590. The van der Waals surface area contributed by atoms with Gasteiger partial charge >= 0.3 is 0 Å². The Bertz CT molecular complexity index is 276. The lowest BCUT2D eigenvalue weighted by Gasteiger charge is -2.10. The first-order valence-corrected chi connectivity index (χ1v) is 5.12. The summed E-state index contributed by atoms with van der Waals surface area (Å²) < 4.78 is 20.7. The van der Waals surface area contributed by atoms with E-state index >= 15 is 0 Å². The first kappa shape index (κ1) is 10.4. The standard InChI is InChI=1S/C9H13NO2S/c1-10(13(11)12)8-7-9-5-3-2-4-6-9/h2-6H,7-8H2,1H3,(H,11,12). The SMILES string of the molecule is CN(CCc1ccccc1)S(=O)O. The first-order valence-electron chi connectivity index (χ1n) is 4.06. The molecule has 1 N–H and O–H groups in total. The molecule has 0 bridgehead atoms. The summed E-state index contributed by atoms with van der Waals surface area (Å²) in [4.78, 5) is 0. The largest absolute Gasteiger partial charge is 0.294 e. The summed E-state index contributed by atoms with van der Waals surface area (Å²) in [5.41, 5.74) is 1.18. The van der Waals surface area contributed by atoms with Gasteiger partial charge in [-0.25, -0.2) is 8.51 Å². The van der Waals surface area contributed by atoms with E-state index in [2.05, 4.69) is 0 Å². The van der Waals surface area contributed by atoms with E-state index in [9.17, 15) is 4.21 Å². The smallest absolute Gasteiger partial charge is 0.234 e. The van der Waals surface area contributed by atoms with Crippen molar-refractivity contribution in [3.63, 3.8) is 0 Å². The van der Waals surface area contributed by atoms with Crippen molar-refractivity contribution < 1.29 is 8.76 Å². The van der Waals surface area contributed by atoms with Gasteiger partial charge in [0.2, 0.25) is 11.3 Å². The third-order valence-electron chi connectivity index (χ3n) is 1.82. The summed E-state index contributed by atoms with van der Waals surface area (Å²) in [5.74, 6) is 0. The second kappa shape index (κ2) is 5.11. The van der Waals surface area contributed by atoms with E-state index in [1.54, 1.807) is 7.05 Å². The molecule has 1 aromatic carbocycles. The summed E-state index contributed by atoms with van der Waals surface area (Å²) in [6, 6.07) is 9.90. The van der Waals surface area contributed by atoms with E-state index in [1.807, 2.05) is 30.3 Å². The molecule has 1 aromatic rings. The molecule has 0 fully saturated rings. The van der Waals surface area contributed by atoms with Gasteiger partial charge in [-0.3, -0.25) is 4.55 Å². The van der Waals surface area contributed by atoms with Crippen LogP contribution < -0.4 is 0 Å². The average Bonchev–Trinajstić information content (AvgIpc) is 2.15. The number of benzene rings is 1. The molecule has 0 aliphatic carbocycles. The molecule has 0 aromatic heterocycles. The van der Waals surface area contributed by atoms with E-state index in [1.165, 1.54) is 9.87 Å². The molecule has 0 saturated heterocycles. The summed E-state index contributed by atoms with van der Waals surface area (Å²) >= 11 is -1.85. The van der Waals surface area contributed by atoms with Crippen molar-refractivity contribution in [2.45, 2.75) is 6.42 Å². The van der Waals surface area contributed by atoms with Crippen LogP contribution in [0.4, 0.5) is 0 Å². The van der Waals surface area contributed by atoms with Crippen molar-refractivity contribution in [1.82, 2.24) is 4.31 Å². The highest BCUT2D eigenvalue weighted by Gasteiger charge is 2.03. The first-order chi connectivity index (χ1) is 6.20. The molecule has 0 amide bonds. The normalized spacial score (nSPS) is 13.2. The van der Waals surface area contributed by atoms with Crippen LogP contribution in [0.5, 0.6) is 0 Å². The molecule has 0 heterocycles. The molecule has 0 aliphatic heterocycles. The monoisotopic (exact) mass is 199 g/mol. The lowest BCUT2D eigenvalue weighted by Crippen LogP contribution is -2.22. The highest BCUT2D eigenvalue weighted by atomic mass is 32.2. The highest BCUT2D eigenvalue weighted by Crippen LogP contribution is 2.00. The fourth-order valence-electron chi connectivity index (χ4n) is 1.01. The zero-order valence-electron chi connectivity index (χ0n) is 7.51. The Kier molecular flexibility index (Phi) is 4.08. The van der Waals surface area contributed by atoms with Crippen LogP contribution in [0.3, 0.4) is 0 Å². The molecule has 0 aliphatic rings. The van der Waals surface area contributed by atoms with Gasteiger partial charge in [0.05, 0.1) is 0 Å². The van der Waals surface area contributed by atoms with Gasteiger partial charge in [-0.1, -0.05) is 30.3 Å². The van der Waals surface area contributed by atoms with Crippen molar-refractivity contribution in [3.05, 3.63) is 35.9 Å². The van der Waals surface area contributed by atoms with E-state index in [0.29, 0.717) is 6.54 Å². The Hall–Kier alpha value is -0.710. The molecule has 0 spiro atoms. The minimum atomic E-state index is -1.85. The van der Waals surface area contributed by atoms with Gasteiger partial charge < -0.3 is 0 Å². The Morgan fingerprint density at radius 2 is 2.00 bits per heavy atom. The van der Waals surface area contributed by atoms with Crippen molar-refractivity contribution >= 4 is 11.3 Å². The second-order valence-corrected chi connectivity index (χ2v) is 3.90. The van der Waals surface area contributed by atoms with Crippen LogP contribution in [0.2, 0.25) is 0 Å². The Balaban J connectivity index is 2.39. The van der Waals surface area contributed by atoms with Crippen LogP contribution in [0.1, 0.15) is 5.56 Å². The second-order valence-electron chi connectivity index (χ2n) is 2.82. The van der Waals surface area contributed by atoms with Crippen LogP contribution in [-0.2, 0) is 17.7 Å². The predicted octanol–water partition coefficient (Wildman–Crippen LogP) is 1.30. The van der Waals surface area contributed by atoms with Crippen LogP contribution in [-0.4, -0.2) is 26.7 Å². The maximum atomic E-state index is 10.6. The molecule has 1 unspecified atom stereocenters. The van der Waals surface area contributed by atoms with Crippen molar-refractivity contribution in [3.8, 4) is 0 Å². The van der Waals surface area contributed by atoms with Crippen LogP contribution >= 0.6 is 0 Å². The van der Waals surface area contributed by atoms with Gasteiger partial charge in [0, 0.05) is 13.6 Å². The Morgan fingerprint density at radius 3 is 2.54 bits per heavy atom.